The van der Waals surface area contributed by atoms with Crippen LogP contribution in [0.4, 0.5) is 18.9 Å². The van der Waals surface area contributed by atoms with Gasteiger partial charge in [0.2, 0.25) is 5.91 Å². The van der Waals surface area contributed by atoms with Crippen molar-refractivity contribution in [2.75, 3.05) is 5.32 Å². The van der Waals surface area contributed by atoms with Crippen molar-refractivity contribution in [1.29, 1.82) is 0 Å². The van der Waals surface area contributed by atoms with Crippen molar-refractivity contribution < 1.29 is 27.9 Å². The monoisotopic (exact) mass is 477 g/mol. The van der Waals surface area contributed by atoms with Crippen LogP contribution in [-0.2, 0) is 9.59 Å². The van der Waals surface area contributed by atoms with Gasteiger partial charge in [-0.2, -0.15) is 13.2 Å². The van der Waals surface area contributed by atoms with E-state index in [0.29, 0.717) is 17.0 Å². The Hall–Kier alpha value is -1.99. The first kappa shape index (κ1) is 25.3. The van der Waals surface area contributed by atoms with E-state index in [9.17, 15) is 22.8 Å². The van der Waals surface area contributed by atoms with Crippen LogP contribution in [0.5, 0.6) is 0 Å². The van der Waals surface area contributed by atoms with Crippen LogP contribution in [0.15, 0.2) is 41.5 Å². The number of anilines is 1. The van der Waals surface area contributed by atoms with Crippen LogP contribution in [0.3, 0.4) is 0 Å². The number of aliphatic carboxylic acids is 1. The molecule has 2 rings (SSSR count). The molecule has 4 nitrogen and oxygen atoms in total. The molecule has 0 spiro atoms. The van der Waals surface area contributed by atoms with Gasteiger partial charge < -0.3 is 10.4 Å². The average Bonchev–Trinajstić information content (AvgIpc) is 2.68. The summed E-state index contributed by atoms with van der Waals surface area (Å²) in [6, 6.07) is 4.68. The summed E-state index contributed by atoms with van der Waals surface area (Å²) in [6.07, 6.45) is 0.659. The molecule has 170 valence electrons. The van der Waals surface area contributed by atoms with Crippen molar-refractivity contribution in [3.63, 3.8) is 0 Å². The first-order chi connectivity index (χ1) is 14.4. The molecular weight excluding hydrogens is 454 g/mol. The minimum atomic E-state index is -4.57. The Morgan fingerprint density at radius 1 is 1.29 bits per heavy atom. The number of amides is 1. The third-order valence-corrected chi connectivity index (χ3v) is 6.15. The second-order valence-electron chi connectivity index (χ2n) is 7.64. The molecule has 2 N–H and O–H groups in total. The van der Waals surface area contributed by atoms with E-state index < -0.39 is 35.8 Å². The minimum absolute atomic E-state index is 0.112. The number of alkyl halides is 3. The fraction of sp³-hybridized carbons (Fsp3) is 0.455. The van der Waals surface area contributed by atoms with Crippen LogP contribution in [0.1, 0.15) is 44.6 Å². The maximum Gasteiger partial charge on any atom is 0.392 e. The number of hydrogen-bond donors (Lipinski definition) is 2. The molecule has 0 saturated carbocycles. The van der Waals surface area contributed by atoms with E-state index in [0.717, 1.165) is 6.92 Å². The Labute approximate surface area is 189 Å². The number of nitrogens with one attached hydrogen (secondary N) is 1. The Bertz CT molecular complexity index is 883. The van der Waals surface area contributed by atoms with E-state index in [4.69, 9.17) is 28.3 Å². The highest BCUT2D eigenvalue weighted by Crippen LogP contribution is 2.40. The molecule has 31 heavy (non-hydrogen) atoms. The van der Waals surface area contributed by atoms with Gasteiger partial charge in [-0.1, -0.05) is 55.3 Å². The van der Waals surface area contributed by atoms with E-state index in [-0.39, 0.29) is 29.5 Å². The Balaban J connectivity index is 2.33. The molecule has 0 aromatic heterocycles. The van der Waals surface area contributed by atoms with Crippen LogP contribution in [0, 0.1) is 17.8 Å². The van der Waals surface area contributed by atoms with Gasteiger partial charge in [0.1, 0.15) is 0 Å². The normalized spacial score (nSPS) is 19.3. The van der Waals surface area contributed by atoms with Crippen molar-refractivity contribution in [2.24, 2.45) is 17.8 Å². The zero-order valence-electron chi connectivity index (χ0n) is 17.0. The highest BCUT2D eigenvalue weighted by atomic mass is 35.5. The van der Waals surface area contributed by atoms with E-state index in [1.165, 1.54) is 24.3 Å². The Kier molecular flexibility index (Phi) is 8.60. The fourth-order valence-corrected chi connectivity index (χ4v) is 4.02. The minimum Gasteiger partial charge on any atom is -0.481 e. The lowest BCUT2D eigenvalue weighted by molar-refractivity contribution is -0.188. The van der Waals surface area contributed by atoms with E-state index in [2.05, 4.69) is 5.32 Å². The molecule has 0 heterocycles. The summed E-state index contributed by atoms with van der Waals surface area (Å²) < 4.78 is 40.6. The maximum atomic E-state index is 13.5. The number of benzene rings is 1. The van der Waals surface area contributed by atoms with E-state index in [1.54, 1.807) is 12.1 Å². The molecule has 1 amide bonds. The van der Waals surface area contributed by atoms with Crippen LogP contribution in [0.2, 0.25) is 5.02 Å². The summed E-state index contributed by atoms with van der Waals surface area (Å²) >= 11 is 12.1. The standard InChI is InChI=1S/C22H24Cl2F3NO3/c1-3-13(11-19(29)30)15-6-9-17(24)18(10-15)28-21(31)20(12(2)22(25,26)27)14-4-7-16(23)8-5-14/h4,6-10,12-14,20H,3,5,11H2,1-2H3,(H,28,31)(H,29,30)/t12-,13?,14?,20+/m1/s1. The van der Waals surface area contributed by atoms with Gasteiger partial charge in [-0.15, -0.1) is 0 Å². The van der Waals surface area contributed by atoms with Crippen molar-refractivity contribution in [3.05, 3.63) is 52.0 Å². The number of hydrogen-bond acceptors (Lipinski definition) is 2. The molecule has 0 fully saturated rings. The molecule has 1 aromatic rings. The topological polar surface area (TPSA) is 66.4 Å². The zero-order valence-corrected chi connectivity index (χ0v) is 18.6. The third-order valence-electron chi connectivity index (χ3n) is 5.54. The molecule has 0 radical (unpaired) electrons. The summed E-state index contributed by atoms with van der Waals surface area (Å²) in [5, 5.41) is 12.2. The quantitative estimate of drug-likeness (QED) is 0.434. The van der Waals surface area contributed by atoms with Crippen molar-refractivity contribution >= 4 is 40.8 Å². The molecule has 2 unspecified atom stereocenters. The van der Waals surface area contributed by atoms with Crippen LogP contribution >= 0.6 is 23.2 Å². The summed E-state index contributed by atoms with van der Waals surface area (Å²) in [7, 11) is 0. The predicted octanol–water partition coefficient (Wildman–Crippen LogP) is 6.76. The fourth-order valence-electron chi connectivity index (χ4n) is 3.69. The van der Waals surface area contributed by atoms with Gasteiger partial charge in [0.15, 0.2) is 0 Å². The second-order valence-corrected chi connectivity index (χ2v) is 8.48. The highest BCUT2D eigenvalue weighted by molar-refractivity contribution is 6.33. The van der Waals surface area contributed by atoms with Gasteiger partial charge >= 0.3 is 12.1 Å². The van der Waals surface area contributed by atoms with Gasteiger partial charge in [-0.3, -0.25) is 9.59 Å². The van der Waals surface area contributed by atoms with Gasteiger partial charge in [0, 0.05) is 5.03 Å². The summed E-state index contributed by atoms with van der Waals surface area (Å²) in [6.45, 7) is 2.81. The van der Waals surface area contributed by atoms with Crippen molar-refractivity contribution in [2.45, 2.75) is 45.2 Å². The summed E-state index contributed by atoms with van der Waals surface area (Å²) in [4.78, 5) is 24.1. The number of allylic oxidation sites excluding steroid dienone is 4. The summed E-state index contributed by atoms with van der Waals surface area (Å²) in [5.74, 6) is -6.07. The lowest BCUT2D eigenvalue weighted by Gasteiger charge is -2.31. The molecule has 1 aliphatic carbocycles. The highest BCUT2D eigenvalue weighted by Gasteiger charge is 2.46. The largest absolute Gasteiger partial charge is 0.481 e. The smallest absolute Gasteiger partial charge is 0.392 e. The molecule has 4 atom stereocenters. The number of carbonyl (C=O) groups is 2. The molecule has 0 bridgehead atoms. The number of carboxylic acid groups (broad SMARTS) is 1. The number of carbonyl (C=O) groups excluding carboxylic acids is 1. The van der Waals surface area contributed by atoms with Crippen LogP contribution in [-0.4, -0.2) is 23.2 Å². The first-order valence-corrected chi connectivity index (χ1v) is 10.6. The van der Waals surface area contributed by atoms with E-state index in [1.807, 2.05) is 6.92 Å². The maximum absolute atomic E-state index is 13.5. The molecule has 9 heteroatoms. The lowest BCUT2D eigenvalue weighted by atomic mass is 9.78. The molecule has 0 saturated heterocycles. The van der Waals surface area contributed by atoms with Crippen molar-refractivity contribution in [1.82, 2.24) is 0 Å². The third kappa shape index (κ3) is 6.74. The molecular formula is C22H24Cl2F3NO3. The number of rotatable bonds is 8. The zero-order chi connectivity index (χ0) is 23.3. The average molecular weight is 478 g/mol. The first-order valence-electron chi connectivity index (χ1n) is 9.86. The summed E-state index contributed by atoms with van der Waals surface area (Å²) in [5.41, 5.74) is 0.790. The Morgan fingerprint density at radius 3 is 2.48 bits per heavy atom. The van der Waals surface area contributed by atoms with Gasteiger partial charge in [0.25, 0.3) is 0 Å². The number of halogens is 5. The predicted molar refractivity (Wildman–Crippen MR) is 115 cm³/mol. The second kappa shape index (κ2) is 10.6. The van der Waals surface area contributed by atoms with Gasteiger partial charge in [-0.25, -0.2) is 0 Å². The van der Waals surface area contributed by atoms with Crippen molar-refractivity contribution in [3.8, 4) is 0 Å². The van der Waals surface area contributed by atoms with E-state index >= 15 is 0 Å². The van der Waals surface area contributed by atoms with Gasteiger partial charge in [-0.05, 0) is 48.4 Å². The molecule has 1 aliphatic rings. The van der Waals surface area contributed by atoms with Crippen LogP contribution in [0.25, 0.3) is 0 Å². The Morgan fingerprint density at radius 2 is 1.97 bits per heavy atom. The van der Waals surface area contributed by atoms with Gasteiger partial charge in [0.05, 0.1) is 29.0 Å². The lowest BCUT2D eigenvalue weighted by Crippen LogP contribution is -2.40. The molecule has 0 aliphatic heterocycles. The van der Waals surface area contributed by atoms with Crippen LogP contribution < -0.4 is 5.32 Å². The SMILES string of the molecule is CCC(CC(=O)O)c1ccc(Cl)c(NC(=O)[C@H](C2C=CC(Cl)=CC2)[C@@H](C)C(F)(F)F)c1. The molecule has 1 aromatic carbocycles. The number of carboxylic acids is 1.